The van der Waals surface area contributed by atoms with E-state index in [2.05, 4.69) is 15.1 Å². The molecule has 0 amide bonds. The predicted molar refractivity (Wildman–Crippen MR) is 79.6 cm³/mol. The highest BCUT2D eigenvalue weighted by Gasteiger charge is 2.35. The van der Waals surface area contributed by atoms with E-state index < -0.39 is 10.0 Å². The molecule has 2 heterocycles. The molecule has 1 aromatic heterocycles. The molecular weight excluding hydrogens is 292 g/mol. The van der Waals surface area contributed by atoms with E-state index in [1.165, 1.54) is 6.20 Å². The summed E-state index contributed by atoms with van der Waals surface area (Å²) >= 11 is 0. The number of nitrogens with one attached hydrogen (secondary N) is 2. The highest BCUT2D eigenvalue weighted by atomic mass is 32.2. The van der Waals surface area contributed by atoms with Gasteiger partial charge in [-0.25, -0.2) is 13.1 Å². The zero-order valence-corrected chi connectivity index (χ0v) is 13.6. The number of hydrogen-bond acceptors (Lipinski definition) is 5. The Morgan fingerprint density at radius 1 is 1.57 bits per heavy atom. The molecule has 1 unspecified atom stereocenters. The van der Waals surface area contributed by atoms with Gasteiger partial charge in [0, 0.05) is 25.9 Å². The van der Waals surface area contributed by atoms with Crippen LogP contribution in [0.25, 0.3) is 0 Å². The SMILES string of the molecule is COCC1(CNS(=O)(=O)c2cnn(C(C)C)c2)CCCN1. The van der Waals surface area contributed by atoms with Gasteiger partial charge in [0.05, 0.1) is 18.3 Å². The summed E-state index contributed by atoms with van der Waals surface area (Å²) in [6.07, 6.45) is 4.86. The Kier molecular flexibility index (Phi) is 5.03. The fourth-order valence-electron chi connectivity index (χ4n) is 2.53. The zero-order valence-electron chi connectivity index (χ0n) is 12.8. The maximum atomic E-state index is 12.3. The number of ether oxygens (including phenoxy) is 1. The third-order valence-electron chi connectivity index (χ3n) is 3.77. The van der Waals surface area contributed by atoms with Crippen molar-refractivity contribution in [1.82, 2.24) is 19.8 Å². The molecule has 1 saturated heterocycles. The van der Waals surface area contributed by atoms with Crippen LogP contribution in [0.15, 0.2) is 17.3 Å². The molecule has 0 aliphatic carbocycles. The van der Waals surface area contributed by atoms with E-state index >= 15 is 0 Å². The monoisotopic (exact) mass is 316 g/mol. The molecule has 0 bridgehead atoms. The van der Waals surface area contributed by atoms with Gasteiger partial charge in [0.25, 0.3) is 0 Å². The summed E-state index contributed by atoms with van der Waals surface area (Å²) in [6.45, 7) is 5.59. The van der Waals surface area contributed by atoms with Crippen molar-refractivity contribution >= 4 is 10.0 Å². The van der Waals surface area contributed by atoms with Crippen LogP contribution in [-0.2, 0) is 14.8 Å². The highest BCUT2D eigenvalue weighted by Crippen LogP contribution is 2.20. The molecule has 0 aromatic carbocycles. The minimum atomic E-state index is -3.55. The van der Waals surface area contributed by atoms with Gasteiger partial charge < -0.3 is 10.1 Å². The standard InChI is InChI=1S/C13H24N4O3S/c1-11(2)17-8-12(7-15-17)21(18,19)16-9-13(10-20-3)5-4-6-14-13/h7-8,11,14,16H,4-6,9-10H2,1-3H3. The van der Waals surface area contributed by atoms with E-state index in [1.807, 2.05) is 13.8 Å². The largest absolute Gasteiger partial charge is 0.383 e. The molecule has 1 aromatic rings. The molecule has 0 radical (unpaired) electrons. The van der Waals surface area contributed by atoms with E-state index in [1.54, 1.807) is 18.0 Å². The van der Waals surface area contributed by atoms with Crippen molar-refractivity contribution in [2.24, 2.45) is 0 Å². The lowest BCUT2D eigenvalue weighted by atomic mass is 9.99. The Morgan fingerprint density at radius 3 is 2.86 bits per heavy atom. The molecule has 21 heavy (non-hydrogen) atoms. The van der Waals surface area contributed by atoms with Crippen LogP contribution in [0.5, 0.6) is 0 Å². The summed E-state index contributed by atoms with van der Waals surface area (Å²) in [5, 5.41) is 7.42. The van der Waals surface area contributed by atoms with Crippen molar-refractivity contribution in [2.45, 2.75) is 43.2 Å². The minimum absolute atomic E-state index is 0.130. The summed E-state index contributed by atoms with van der Waals surface area (Å²) in [4.78, 5) is 0.196. The maximum Gasteiger partial charge on any atom is 0.243 e. The molecule has 1 aliphatic rings. The molecule has 1 fully saturated rings. The van der Waals surface area contributed by atoms with Crippen LogP contribution in [0.1, 0.15) is 32.7 Å². The van der Waals surface area contributed by atoms with Crippen LogP contribution in [-0.4, -0.2) is 50.5 Å². The lowest BCUT2D eigenvalue weighted by molar-refractivity contribution is 0.122. The molecule has 120 valence electrons. The first-order valence-corrected chi connectivity index (χ1v) is 8.65. The third kappa shape index (κ3) is 3.82. The second-order valence-corrected chi connectivity index (χ2v) is 7.58. The molecule has 0 spiro atoms. The van der Waals surface area contributed by atoms with Crippen molar-refractivity contribution < 1.29 is 13.2 Å². The average Bonchev–Trinajstić information content (AvgIpc) is 3.07. The summed E-state index contributed by atoms with van der Waals surface area (Å²) in [5.74, 6) is 0. The van der Waals surface area contributed by atoms with Crippen molar-refractivity contribution in [1.29, 1.82) is 0 Å². The van der Waals surface area contributed by atoms with Gasteiger partial charge in [0.1, 0.15) is 4.90 Å². The second-order valence-electron chi connectivity index (χ2n) is 5.82. The summed E-state index contributed by atoms with van der Waals surface area (Å²) < 4.78 is 34.2. The van der Waals surface area contributed by atoms with Crippen LogP contribution in [0, 0.1) is 0 Å². The van der Waals surface area contributed by atoms with E-state index in [0.717, 1.165) is 19.4 Å². The molecule has 2 N–H and O–H groups in total. The second kappa shape index (κ2) is 6.43. The predicted octanol–water partition coefficient (Wildman–Crippen LogP) is 0.511. The van der Waals surface area contributed by atoms with Crippen LogP contribution >= 0.6 is 0 Å². The fourth-order valence-corrected chi connectivity index (χ4v) is 3.59. The van der Waals surface area contributed by atoms with Crippen LogP contribution in [0.3, 0.4) is 0 Å². The van der Waals surface area contributed by atoms with Crippen molar-refractivity contribution in [3.63, 3.8) is 0 Å². The number of sulfonamides is 1. The quantitative estimate of drug-likeness (QED) is 0.765. The van der Waals surface area contributed by atoms with E-state index in [9.17, 15) is 8.42 Å². The normalized spacial score (nSPS) is 23.0. The Labute approximate surface area is 126 Å². The lowest BCUT2D eigenvalue weighted by Crippen LogP contribution is -2.52. The molecule has 1 atom stereocenters. The van der Waals surface area contributed by atoms with Crippen molar-refractivity contribution in [3.05, 3.63) is 12.4 Å². The van der Waals surface area contributed by atoms with E-state index in [-0.39, 0.29) is 16.5 Å². The first kappa shape index (κ1) is 16.4. The number of nitrogens with zero attached hydrogens (tertiary/aromatic N) is 2. The number of rotatable bonds is 7. The van der Waals surface area contributed by atoms with Crippen LogP contribution < -0.4 is 10.0 Å². The van der Waals surface area contributed by atoms with Crippen LogP contribution in [0.4, 0.5) is 0 Å². The first-order chi connectivity index (χ1) is 9.88. The molecule has 1 aliphatic heterocycles. The maximum absolute atomic E-state index is 12.3. The third-order valence-corrected chi connectivity index (χ3v) is 5.13. The molecule has 7 nitrogen and oxygen atoms in total. The average molecular weight is 316 g/mol. The summed E-state index contributed by atoms with van der Waals surface area (Å²) in [7, 11) is -1.92. The van der Waals surface area contributed by atoms with E-state index in [4.69, 9.17) is 4.74 Å². The Hall–Kier alpha value is -0.960. The Balaban J connectivity index is 2.06. The number of aromatic nitrogens is 2. The smallest absolute Gasteiger partial charge is 0.243 e. The van der Waals surface area contributed by atoms with Crippen molar-refractivity contribution in [2.75, 3.05) is 26.8 Å². The van der Waals surface area contributed by atoms with Gasteiger partial charge in [-0.15, -0.1) is 0 Å². The lowest BCUT2D eigenvalue weighted by Gasteiger charge is -2.28. The summed E-state index contributed by atoms with van der Waals surface area (Å²) in [6, 6.07) is 0.130. The van der Waals surface area contributed by atoms with Gasteiger partial charge in [-0.05, 0) is 33.2 Å². The number of methoxy groups -OCH3 is 1. The van der Waals surface area contributed by atoms with Gasteiger partial charge in [0.2, 0.25) is 10.0 Å². The molecule has 2 rings (SSSR count). The minimum Gasteiger partial charge on any atom is -0.383 e. The van der Waals surface area contributed by atoms with Crippen LogP contribution in [0.2, 0.25) is 0 Å². The molecular formula is C13H24N4O3S. The van der Waals surface area contributed by atoms with Gasteiger partial charge in [-0.1, -0.05) is 0 Å². The fraction of sp³-hybridized carbons (Fsp3) is 0.769. The Morgan fingerprint density at radius 2 is 2.33 bits per heavy atom. The van der Waals surface area contributed by atoms with Gasteiger partial charge in [-0.3, -0.25) is 4.68 Å². The highest BCUT2D eigenvalue weighted by molar-refractivity contribution is 7.89. The number of hydrogen-bond donors (Lipinski definition) is 2. The summed E-state index contributed by atoms with van der Waals surface area (Å²) in [5.41, 5.74) is -0.310. The van der Waals surface area contributed by atoms with E-state index in [0.29, 0.717) is 13.2 Å². The van der Waals surface area contributed by atoms with Crippen molar-refractivity contribution in [3.8, 4) is 0 Å². The van der Waals surface area contributed by atoms with Gasteiger partial charge in [-0.2, -0.15) is 5.10 Å². The Bertz CT molecular complexity index is 562. The zero-order chi connectivity index (χ0) is 15.5. The van der Waals surface area contributed by atoms with Gasteiger partial charge in [0.15, 0.2) is 0 Å². The molecule has 0 saturated carbocycles. The van der Waals surface area contributed by atoms with Gasteiger partial charge >= 0.3 is 0 Å². The topological polar surface area (TPSA) is 85.2 Å². The molecule has 8 heteroatoms. The first-order valence-electron chi connectivity index (χ1n) is 7.16.